The maximum atomic E-state index is 12.5. The summed E-state index contributed by atoms with van der Waals surface area (Å²) in [6.45, 7) is 0.920. The minimum atomic E-state index is -4.07. The number of hydrazine groups is 1. The number of ketones is 1. The molecule has 3 aromatic rings. The van der Waals surface area contributed by atoms with Crippen molar-refractivity contribution in [3.05, 3.63) is 99.6 Å². The largest absolute Gasteiger partial charge is 0.457 e. The van der Waals surface area contributed by atoms with E-state index in [4.69, 9.17) is 8.92 Å². The molecule has 1 saturated heterocycles. The van der Waals surface area contributed by atoms with Crippen molar-refractivity contribution >= 4 is 39.4 Å². The van der Waals surface area contributed by atoms with Crippen molar-refractivity contribution in [3.8, 4) is 5.75 Å². The summed E-state index contributed by atoms with van der Waals surface area (Å²) in [6, 6.07) is 16.5. The average molecular weight is 582 g/mol. The molecule has 4 rings (SSSR count). The van der Waals surface area contributed by atoms with E-state index in [1.54, 1.807) is 12.1 Å². The van der Waals surface area contributed by atoms with Crippen LogP contribution in [0.3, 0.4) is 0 Å². The number of nitro benzene ring substituents is 1. The van der Waals surface area contributed by atoms with Crippen LogP contribution in [0.25, 0.3) is 0 Å². The molecule has 0 unspecified atom stereocenters. The molecule has 1 N–H and O–H groups in total. The molecule has 0 saturated carbocycles. The van der Waals surface area contributed by atoms with Crippen molar-refractivity contribution in [2.45, 2.75) is 18.2 Å². The molecule has 14 heteroatoms. The number of benzene rings is 3. The Labute approximate surface area is 233 Å². The van der Waals surface area contributed by atoms with Crippen LogP contribution in [0.1, 0.15) is 32.7 Å². The predicted octanol–water partition coefficient (Wildman–Crippen LogP) is 2.59. The van der Waals surface area contributed by atoms with Crippen LogP contribution in [0.2, 0.25) is 0 Å². The number of nitrogens with zero attached hydrogens (tertiary/aromatic N) is 2. The second-order valence-corrected chi connectivity index (χ2v) is 10.6. The Bertz CT molecular complexity index is 1620. The van der Waals surface area contributed by atoms with Crippen molar-refractivity contribution in [2.75, 3.05) is 13.2 Å². The predicted molar refractivity (Wildman–Crippen MR) is 141 cm³/mol. The van der Waals surface area contributed by atoms with Gasteiger partial charge in [0.1, 0.15) is 16.2 Å². The third-order valence-corrected chi connectivity index (χ3v) is 7.34. The smallest absolute Gasteiger partial charge is 0.339 e. The van der Waals surface area contributed by atoms with Gasteiger partial charge in [-0.3, -0.25) is 39.7 Å². The van der Waals surface area contributed by atoms with E-state index in [0.717, 1.165) is 16.6 Å². The van der Waals surface area contributed by atoms with Gasteiger partial charge < -0.3 is 8.92 Å². The lowest BCUT2D eigenvalue weighted by atomic mass is 10.1. The van der Waals surface area contributed by atoms with E-state index in [1.165, 1.54) is 54.6 Å². The number of hydrogen-bond acceptors (Lipinski definition) is 10. The highest BCUT2D eigenvalue weighted by Crippen LogP contribution is 2.22. The number of Topliss-reactive ketones (excluding diaryl/α,β-unsaturated/α-hetero) is 1. The summed E-state index contributed by atoms with van der Waals surface area (Å²) in [6.07, 6.45) is -0.300. The first-order valence-electron chi connectivity index (χ1n) is 12.1. The van der Waals surface area contributed by atoms with Crippen molar-refractivity contribution in [2.24, 2.45) is 5.92 Å². The number of ether oxygens (including phenoxy) is 1. The van der Waals surface area contributed by atoms with E-state index in [-0.39, 0.29) is 34.7 Å². The van der Waals surface area contributed by atoms with Gasteiger partial charge in [0, 0.05) is 18.1 Å². The number of amides is 2. The highest BCUT2D eigenvalue weighted by molar-refractivity contribution is 7.87. The molecule has 1 heterocycles. The van der Waals surface area contributed by atoms with E-state index in [2.05, 4.69) is 5.43 Å². The molecule has 13 nitrogen and oxygen atoms in total. The number of rotatable bonds is 10. The van der Waals surface area contributed by atoms with Gasteiger partial charge in [-0.25, -0.2) is 0 Å². The number of carbonyl (C=O) groups is 4. The monoisotopic (exact) mass is 581 g/mol. The quantitative estimate of drug-likeness (QED) is 0.123. The molecule has 0 spiro atoms. The van der Waals surface area contributed by atoms with Crippen molar-refractivity contribution in [1.82, 2.24) is 10.4 Å². The average Bonchev–Trinajstić information content (AvgIpc) is 3.31. The summed E-state index contributed by atoms with van der Waals surface area (Å²) in [5.74, 6) is -3.94. The Morgan fingerprint density at radius 3 is 2.34 bits per heavy atom. The summed E-state index contributed by atoms with van der Waals surface area (Å²) >= 11 is 0. The van der Waals surface area contributed by atoms with Gasteiger partial charge >= 0.3 is 16.1 Å². The van der Waals surface area contributed by atoms with E-state index >= 15 is 0 Å². The summed E-state index contributed by atoms with van der Waals surface area (Å²) in [5, 5.41) is 12.0. The van der Waals surface area contributed by atoms with Crippen molar-refractivity contribution < 1.29 is 41.4 Å². The first kappa shape index (κ1) is 28.9. The van der Waals surface area contributed by atoms with Gasteiger partial charge in [-0.15, -0.1) is 0 Å². The molecule has 0 radical (unpaired) electrons. The first-order chi connectivity index (χ1) is 19.4. The number of hydrogen-bond donors (Lipinski definition) is 1. The highest BCUT2D eigenvalue weighted by Gasteiger charge is 2.37. The molecule has 0 bridgehead atoms. The van der Waals surface area contributed by atoms with E-state index in [0.29, 0.717) is 0 Å². The van der Waals surface area contributed by atoms with Crippen molar-refractivity contribution in [3.63, 3.8) is 0 Å². The lowest BCUT2D eigenvalue weighted by molar-refractivity contribution is -0.385. The zero-order valence-corrected chi connectivity index (χ0v) is 22.3. The first-order valence-corrected chi connectivity index (χ1v) is 13.5. The van der Waals surface area contributed by atoms with Gasteiger partial charge in [0.05, 0.1) is 17.4 Å². The summed E-state index contributed by atoms with van der Waals surface area (Å²) in [5.41, 5.74) is 2.56. The van der Waals surface area contributed by atoms with Crippen LogP contribution >= 0.6 is 0 Å². The molecule has 1 atom stereocenters. The Kier molecular flexibility index (Phi) is 8.42. The third kappa shape index (κ3) is 6.91. The van der Waals surface area contributed by atoms with Gasteiger partial charge in [0.2, 0.25) is 5.91 Å². The number of aryl methyl sites for hydroxylation is 1. The maximum Gasteiger partial charge on any atom is 0.339 e. The molecule has 0 aliphatic carbocycles. The fraction of sp³-hybridized carbons (Fsp3) is 0.185. The fourth-order valence-electron chi connectivity index (χ4n) is 3.90. The van der Waals surface area contributed by atoms with E-state index in [1.807, 2.05) is 6.92 Å². The van der Waals surface area contributed by atoms with Gasteiger partial charge in [0.25, 0.3) is 11.6 Å². The van der Waals surface area contributed by atoms with Crippen molar-refractivity contribution in [1.29, 1.82) is 0 Å². The normalized spacial score (nSPS) is 14.8. The van der Waals surface area contributed by atoms with E-state index in [9.17, 15) is 37.7 Å². The molecule has 2 amide bonds. The highest BCUT2D eigenvalue weighted by atomic mass is 32.2. The van der Waals surface area contributed by atoms with Crippen LogP contribution in [0.15, 0.2) is 77.7 Å². The molecule has 3 aromatic carbocycles. The van der Waals surface area contributed by atoms with Crippen LogP contribution in [0, 0.1) is 23.0 Å². The van der Waals surface area contributed by atoms with Gasteiger partial charge in [-0.05, 0) is 49.4 Å². The molecule has 212 valence electrons. The van der Waals surface area contributed by atoms with E-state index < -0.39 is 56.8 Å². The SMILES string of the molecule is Cc1ccc(S(=O)(=O)Oc2ccc(C(=O)COC(=O)[C@@H]3CC(=O)N(NC(=O)c4ccccc4[N+](=O)[O-])C3)cc2)cc1. The number of nitro groups is 1. The van der Waals surface area contributed by atoms with Crippen LogP contribution < -0.4 is 9.61 Å². The topological polar surface area (TPSA) is 179 Å². The Balaban J connectivity index is 1.29. The Hall–Kier alpha value is -5.11. The number of nitrogens with one attached hydrogen (secondary N) is 1. The Morgan fingerprint density at radius 1 is 1.02 bits per heavy atom. The van der Waals surface area contributed by atoms with Crippen LogP contribution in [0.5, 0.6) is 5.75 Å². The number of carbonyl (C=O) groups excluding carboxylic acids is 4. The molecular formula is C27H23N3O10S. The van der Waals surface area contributed by atoms with Gasteiger partial charge in [-0.2, -0.15) is 8.42 Å². The zero-order chi connectivity index (χ0) is 29.7. The molecular weight excluding hydrogens is 558 g/mol. The van der Waals surface area contributed by atoms with Gasteiger partial charge in [-0.1, -0.05) is 29.8 Å². The molecule has 0 aromatic heterocycles. The standard InChI is InChI=1S/C27H23N3O10S/c1-17-6-12-21(13-7-17)41(37,38)40-20-10-8-18(9-11-20)24(31)16-39-27(34)19-14-25(32)29(15-19)28-26(33)22-4-2-3-5-23(22)30(35)36/h2-13,19H,14-16H2,1H3,(H,28,33)/t19-/m1/s1. The molecule has 1 fully saturated rings. The van der Waals surface area contributed by atoms with Crippen LogP contribution in [0.4, 0.5) is 5.69 Å². The summed E-state index contributed by atoms with van der Waals surface area (Å²) in [4.78, 5) is 60.2. The molecule has 41 heavy (non-hydrogen) atoms. The third-order valence-electron chi connectivity index (χ3n) is 6.08. The molecule has 1 aliphatic heterocycles. The van der Waals surface area contributed by atoms with Crippen LogP contribution in [-0.4, -0.2) is 55.1 Å². The number of esters is 1. The Morgan fingerprint density at radius 2 is 1.68 bits per heavy atom. The van der Waals surface area contributed by atoms with Crippen LogP contribution in [-0.2, 0) is 24.4 Å². The second-order valence-electron chi connectivity index (χ2n) is 9.03. The lowest BCUT2D eigenvalue weighted by Gasteiger charge is -2.17. The maximum absolute atomic E-state index is 12.5. The lowest BCUT2D eigenvalue weighted by Crippen LogP contribution is -2.43. The summed E-state index contributed by atoms with van der Waals surface area (Å²) in [7, 11) is -4.07. The summed E-state index contributed by atoms with van der Waals surface area (Å²) < 4.78 is 35.0. The fourth-order valence-corrected chi connectivity index (χ4v) is 4.83. The molecule has 1 aliphatic rings. The minimum absolute atomic E-state index is 0.0217. The van der Waals surface area contributed by atoms with Gasteiger partial charge in [0.15, 0.2) is 12.4 Å². The number of para-hydroxylation sites is 1. The minimum Gasteiger partial charge on any atom is -0.457 e. The second kappa shape index (κ2) is 12.0. The zero-order valence-electron chi connectivity index (χ0n) is 21.5.